The topological polar surface area (TPSA) is 29.3 Å². The number of nitrogens with two attached hydrogens (primary N) is 1. The van der Waals surface area contributed by atoms with Crippen molar-refractivity contribution in [3.63, 3.8) is 0 Å². The van der Waals surface area contributed by atoms with Crippen molar-refractivity contribution in [3.05, 3.63) is 28.8 Å². The minimum absolute atomic E-state index is 0.651. The largest absolute Gasteiger partial charge is 0.398 e. The Labute approximate surface area is 109 Å². The molecule has 0 aliphatic heterocycles. The van der Waals surface area contributed by atoms with Crippen LogP contribution < -0.4 is 5.73 Å². The van der Waals surface area contributed by atoms with Crippen molar-refractivity contribution >= 4 is 17.3 Å². The Kier molecular flexibility index (Phi) is 4.30. The first-order chi connectivity index (χ1) is 8.20. The Hall–Kier alpha value is -0.730. The molecule has 1 aliphatic carbocycles. The number of hydrogen-bond acceptors (Lipinski definition) is 2. The highest BCUT2D eigenvalue weighted by Gasteiger charge is 2.21. The van der Waals surface area contributed by atoms with E-state index in [1.54, 1.807) is 0 Å². The van der Waals surface area contributed by atoms with Crippen molar-refractivity contribution < 1.29 is 0 Å². The van der Waals surface area contributed by atoms with E-state index in [0.717, 1.165) is 19.1 Å². The first kappa shape index (κ1) is 12.7. The van der Waals surface area contributed by atoms with Crippen LogP contribution in [0.3, 0.4) is 0 Å². The van der Waals surface area contributed by atoms with Gasteiger partial charge in [0, 0.05) is 12.6 Å². The Morgan fingerprint density at radius 1 is 1.35 bits per heavy atom. The summed E-state index contributed by atoms with van der Waals surface area (Å²) in [4.78, 5) is 2.55. The summed E-state index contributed by atoms with van der Waals surface area (Å²) in [6.07, 6.45) is 5.45. The lowest BCUT2D eigenvalue weighted by Gasteiger charge is -2.27. The zero-order valence-corrected chi connectivity index (χ0v) is 11.2. The summed E-state index contributed by atoms with van der Waals surface area (Å²) in [5.74, 6) is 0. The molecule has 1 fully saturated rings. The Morgan fingerprint density at radius 2 is 2.06 bits per heavy atom. The van der Waals surface area contributed by atoms with E-state index in [-0.39, 0.29) is 0 Å². The van der Waals surface area contributed by atoms with Crippen molar-refractivity contribution in [2.24, 2.45) is 0 Å². The number of anilines is 1. The minimum atomic E-state index is 0.651. The molecule has 0 radical (unpaired) electrons. The molecule has 1 aliphatic rings. The monoisotopic (exact) mass is 252 g/mol. The van der Waals surface area contributed by atoms with Crippen LogP contribution in [-0.4, -0.2) is 17.5 Å². The first-order valence-corrected chi connectivity index (χ1v) is 6.86. The van der Waals surface area contributed by atoms with E-state index in [1.165, 1.54) is 31.2 Å². The molecule has 0 heterocycles. The molecular formula is C14H21ClN2. The number of nitrogen functional groups attached to an aromatic ring is 1. The third-order valence-electron chi connectivity index (χ3n) is 3.69. The summed E-state index contributed by atoms with van der Waals surface area (Å²) in [7, 11) is 0. The quantitative estimate of drug-likeness (QED) is 0.829. The van der Waals surface area contributed by atoms with Crippen molar-refractivity contribution in [2.75, 3.05) is 12.3 Å². The lowest BCUT2D eigenvalue weighted by Crippen LogP contribution is -2.32. The highest BCUT2D eigenvalue weighted by atomic mass is 35.5. The summed E-state index contributed by atoms with van der Waals surface area (Å²) in [6, 6.07) is 6.74. The van der Waals surface area contributed by atoms with Crippen LogP contribution in [0.4, 0.5) is 5.69 Å². The van der Waals surface area contributed by atoms with Crippen LogP contribution in [0.1, 0.15) is 38.2 Å². The molecule has 1 aromatic carbocycles. The van der Waals surface area contributed by atoms with Crippen LogP contribution in [-0.2, 0) is 6.54 Å². The van der Waals surface area contributed by atoms with Gasteiger partial charge in [-0.1, -0.05) is 37.4 Å². The minimum Gasteiger partial charge on any atom is -0.398 e. The number of hydrogen-bond donors (Lipinski definition) is 1. The fourth-order valence-electron chi connectivity index (χ4n) is 2.69. The summed E-state index contributed by atoms with van der Waals surface area (Å²) < 4.78 is 0. The number of benzene rings is 1. The van der Waals surface area contributed by atoms with E-state index < -0.39 is 0 Å². The second kappa shape index (κ2) is 5.74. The predicted octanol–water partition coefficient (Wildman–Crippen LogP) is 3.69. The molecule has 0 amide bonds. The van der Waals surface area contributed by atoms with Crippen molar-refractivity contribution in [2.45, 2.75) is 45.2 Å². The van der Waals surface area contributed by atoms with E-state index in [1.807, 2.05) is 12.1 Å². The second-order valence-electron chi connectivity index (χ2n) is 4.86. The molecular weight excluding hydrogens is 232 g/mol. The molecule has 1 aromatic rings. The summed E-state index contributed by atoms with van der Waals surface area (Å²) in [5.41, 5.74) is 7.79. The zero-order valence-electron chi connectivity index (χ0n) is 10.5. The third kappa shape index (κ3) is 3.14. The van der Waals surface area contributed by atoms with Gasteiger partial charge < -0.3 is 5.73 Å². The normalized spacial score (nSPS) is 16.9. The number of halogens is 1. The molecule has 2 N–H and O–H groups in total. The van der Waals surface area contributed by atoms with Gasteiger partial charge in [0.2, 0.25) is 0 Å². The number of nitrogens with zero attached hydrogens (tertiary/aromatic N) is 1. The molecule has 94 valence electrons. The van der Waals surface area contributed by atoms with Crippen LogP contribution >= 0.6 is 11.6 Å². The van der Waals surface area contributed by atoms with Gasteiger partial charge in [0.15, 0.2) is 0 Å². The molecule has 0 bridgehead atoms. The highest BCUT2D eigenvalue weighted by molar-refractivity contribution is 6.33. The predicted molar refractivity (Wildman–Crippen MR) is 74.2 cm³/mol. The van der Waals surface area contributed by atoms with Crippen LogP contribution in [0.5, 0.6) is 0 Å². The molecule has 0 aromatic heterocycles. The fraction of sp³-hybridized carbons (Fsp3) is 0.571. The summed E-state index contributed by atoms with van der Waals surface area (Å²) in [5, 5.41) is 0.651. The van der Waals surface area contributed by atoms with Gasteiger partial charge in [0.1, 0.15) is 0 Å². The molecule has 1 saturated carbocycles. The maximum atomic E-state index is 5.94. The Morgan fingerprint density at radius 3 is 2.65 bits per heavy atom. The van der Waals surface area contributed by atoms with E-state index in [2.05, 4.69) is 17.9 Å². The van der Waals surface area contributed by atoms with Crippen LogP contribution in [0.15, 0.2) is 18.2 Å². The molecule has 3 heteroatoms. The van der Waals surface area contributed by atoms with Crippen LogP contribution in [0.2, 0.25) is 5.02 Å². The van der Waals surface area contributed by atoms with Crippen LogP contribution in [0, 0.1) is 0 Å². The standard InChI is InChI=1S/C14H21ClN2/c1-2-17(12-5-3-4-6-12)10-11-7-8-13(15)14(16)9-11/h7-9,12H,2-6,10,16H2,1H3. The SMILES string of the molecule is CCN(Cc1ccc(Cl)c(N)c1)C1CCCC1. The molecule has 0 unspecified atom stereocenters. The van der Waals surface area contributed by atoms with Gasteiger partial charge in [-0.25, -0.2) is 0 Å². The first-order valence-electron chi connectivity index (χ1n) is 6.48. The van der Waals surface area contributed by atoms with Crippen LogP contribution in [0.25, 0.3) is 0 Å². The van der Waals surface area contributed by atoms with E-state index >= 15 is 0 Å². The molecule has 0 atom stereocenters. The van der Waals surface area contributed by atoms with E-state index in [9.17, 15) is 0 Å². The van der Waals surface area contributed by atoms with Gasteiger partial charge in [-0.3, -0.25) is 4.90 Å². The fourth-order valence-corrected chi connectivity index (χ4v) is 2.81. The highest BCUT2D eigenvalue weighted by Crippen LogP contribution is 2.26. The van der Waals surface area contributed by atoms with Crippen molar-refractivity contribution in [1.29, 1.82) is 0 Å². The van der Waals surface area contributed by atoms with Gasteiger partial charge in [-0.2, -0.15) is 0 Å². The average Bonchev–Trinajstić information content (AvgIpc) is 2.84. The zero-order chi connectivity index (χ0) is 12.3. The lowest BCUT2D eigenvalue weighted by molar-refractivity contribution is 0.200. The molecule has 17 heavy (non-hydrogen) atoms. The third-order valence-corrected chi connectivity index (χ3v) is 4.04. The van der Waals surface area contributed by atoms with Gasteiger partial charge in [-0.15, -0.1) is 0 Å². The maximum Gasteiger partial charge on any atom is 0.0635 e. The number of rotatable bonds is 4. The smallest absolute Gasteiger partial charge is 0.0635 e. The molecule has 0 spiro atoms. The van der Waals surface area contributed by atoms with Crippen molar-refractivity contribution in [3.8, 4) is 0 Å². The van der Waals surface area contributed by atoms with Gasteiger partial charge in [0.25, 0.3) is 0 Å². The molecule has 2 rings (SSSR count). The van der Waals surface area contributed by atoms with E-state index in [0.29, 0.717) is 10.7 Å². The lowest BCUT2D eigenvalue weighted by atomic mass is 10.1. The molecule has 0 saturated heterocycles. The molecule has 2 nitrogen and oxygen atoms in total. The Bertz CT molecular complexity index is 372. The summed E-state index contributed by atoms with van der Waals surface area (Å²) in [6.45, 7) is 4.33. The maximum absolute atomic E-state index is 5.94. The van der Waals surface area contributed by atoms with E-state index in [4.69, 9.17) is 17.3 Å². The second-order valence-corrected chi connectivity index (χ2v) is 5.26. The van der Waals surface area contributed by atoms with Crippen molar-refractivity contribution in [1.82, 2.24) is 4.90 Å². The van der Waals surface area contributed by atoms with Gasteiger partial charge in [0.05, 0.1) is 10.7 Å². The van der Waals surface area contributed by atoms with Gasteiger partial charge in [-0.05, 0) is 37.1 Å². The summed E-state index contributed by atoms with van der Waals surface area (Å²) >= 11 is 5.94. The average molecular weight is 253 g/mol. The van der Waals surface area contributed by atoms with Gasteiger partial charge >= 0.3 is 0 Å². The Balaban J connectivity index is 2.04.